The molecule has 0 spiro atoms. The van der Waals surface area contributed by atoms with E-state index in [0.29, 0.717) is 6.04 Å². The van der Waals surface area contributed by atoms with Gasteiger partial charge in [-0.3, -0.25) is 4.98 Å². The van der Waals surface area contributed by atoms with Crippen LogP contribution in [-0.4, -0.2) is 11.0 Å². The van der Waals surface area contributed by atoms with Crippen molar-refractivity contribution >= 4 is 22.1 Å². The lowest BCUT2D eigenvalue weighted by molar-refractivity contribution is 0.765. The van der Waals surface area contributed by atoms with E-state index in [4.69, 9.17) is 5.73 Å². The largest absolute Gasteiger partial charge is 0.397 e. The van der Waals surface area contributed by atoms with Gasteiger partial charge in [0.05, 0.1) is 11.4 Å². The first-order valence-electron chi connectivity index (χ1n) is 5.61. The van der Waals surface area contributed by atoms with Gasteiger partial charge in [-0.1, -0.05) is 13.0 Å². The summed E-state index contributed by atoms with van der Waals surface area (Å²) in [5.41, 5.74) is 7.94. The van der Waals surface area contributed by atoms with E-state index in [2.05, 4.69) is 24.1 Å². The number of benzene rings is 1. The maximum Gasteiger partial charge on any atom is 0.0630 e. The Bertz CT molecular complexity index is 494. The van der Waals surface area contributed by atoms with Gasteiger partial charge in [-0.05, 0) is 25.5 Å². The molecule has 0 fully saturated rings. The summed E-state index contributed by atoms with van der Waals surface area (Å²) in [5, 5.41) is 5.54. The number of pyridine rings is 1. The highest BCUT2D eigenvalue weighted by Gasteiger charge is 2.06. The van der Waals surface area contributed by atoms with Gasteiger partial charge in [-0.25, -0.2) is 0 Å². The molecular weight excluding hydrogens is 198 g/mol. The Labute approximate surface area is 95.7 Å². The maximum absolute atomic E-state index is 6.13. The average molecular weight is 215 g/mol. The summed E-state index contributed by atoms with van der Waals surface area (Å²) >= 11 is 0. The van der Waals surface area contributed by atoms with Gasteiger partial charge in [0, 0.05) is 29.2 Å². The summed E-state index contributed by atoms with van der Waals surface area (Å²) in [6, 6.07) is 6.45. The van der Waals surface area contributed by atoms with Crippen LogP contribution in [0.5, 0.6) is 0 Å². The van der Waals surface area contributed by atoms with Gasteiger partial charge in [0.25, 0.3) is 0 Å². The van der Waals surface area contributed by atoms with E-state index in [9.17, 15) is 0 Å². The Morgan fingerprint density at radius 1 is 1.38 bits per heavy atom. The van der Waals surface area contributed by atoms with Crippen molar-refractivity contribution in [2.75, 3.05) is 11.1 Å². The second-order valence-electron chi connectivity index (χ2n) is 4.08. The molecule has 3 heteroatoms. The zero-order valence-electron chi connectivity index (χ0n) is 9.70. The number of nitrogens with two attached hydrogens (primary N) is 1. The molecule has 3 N–H and O–H groups in total. The minimum absolute atomic E-state index is 0.432. The second-order valence-corrected chi connectivity index (χ2v) is 4.08. The summed E-state index contributed by atoms with van der Waals surface area (Å²) in [7, 11) is 0. The highest BCUT2D eigenvalue weighted by molar-refractivity contribution is 5.98. The molecule has 16 heavy (non-hydrogen) atoms. The van der Waals surface area contributed by atoms with Crippen LogP contribution in [0.3, 0.4) is 0 Å². The molecule has 1 atom stereocenters. The zero-order valence-corrected chi connectivity index (χ0v) is 9.70. The molecule has 1 heterocycles. The van der Waals surface area contributed by atoms with E-state index in [1.807, 2.05) is 24.4 Å². The minimum atomic E-state index is 0.432. The highest BCUT2D eigenvalue weighted by Crippen LogP contribution is 2.28. The summed E-state index contributed by atoms with van der Waals surface area (Å²) in [6.07, 6.45) is 4.68. The molecule has 0 bridgehead atoms. The van der Waals surface area contributed by atoms with Crippen LogP contribution < -0.4 is 11.1 Å². The van der Waals surface area contributed by atoms with Crippen LogP contribution in [-0.2, 0) is 0 Å². The molecule has 84 valence electrons. The van der Waals surface area contributed by atoms with E-state index >= 15 is 0 Å². The van der Waals surface area contributed by atoms with Gasteiger partial charge in [0.1, 0.15) is 0 Å². The number of nitrogens with one attached hydrogen (secondary N) is 1. The first kappa shape index (κ1) is 10.7. The Morgan fingerprint density at radius 3 is 2.94 bits per heavy atom. The third-order valence-electron chi connectivity index (χ3n) is 2.88. The number of aromatic nitrogens is 1. The SMILES string of the molecule is CCC(C)Nc1ccc2cnccc2c1N. The Hall–Kier alpha value is -1.77. The van der Waals surface area contributed by atoms with Crippen molar-refractivity contribution in [3.05, 3.63) is 30.6 Å². The van der Waals surface area contributed by atoms with Crippen LogP contribution in [0.4, 0.5) is 11.4 Å². The molecule has 0 saturated carbocycles. The summed E-state index contributed by atoms with van der Waals surface area (Å²) in [4.78, 5) is 4.08. The molecule has 0 aliphatic carbocycles. The molecule has 1 unspecified atom stereocenters. The smallest absolute Gasteiger partial charge is 0.0630 e. The van der Waals surface area contributed by atoms with Crippen LogP contribution in [0.25, 0.3) is 10.8 Å². The fourth-order valence-electron chi connectivity index (χ4n) is 1.69. The molecule has 0 aliphatic heterocycles. The van der Waals surface area contributed by atoms with Crippen molar-refractivity contribution in [3.8, 4) is 0 Å². The van der Waals surface area contributed by atoms with Gasteiger partial charge in [0.2, 0.25) is 0 Å². The summed E-state index contributed by atoms with van der Waals surface area (Å²) in [5.74, 6) is 0. The summed E-state index contributed by atoms with van der Waals surface area (Å²) in [6.45, 7) is 4.30. The zero-order chi connectivity index (χ0) is 11.5. The number of rotatable bonds is 3. The van der Waals surface area contributed by atoms with E-state index in [1.54, 1.807) is 6.20 Å². The minimum Gasteiger partial charge on any atom is -0.397 e. The normalized spacial score (nSPS) is 12.6. The van der Waals surface area contributed by atoms with Crippen LogP contribution in [0.1, 0.15) is 20.3 Å². The number of anilines is 2. The van der Waals surface area contributed by atoms with E-state index in [0.717, 1.165) is 28.6 Å². The lowest BCUT2D eigenvalue weighted by Crippen LogP contribution is -2.14. The van der Waals surface area contributed by atoms with Crippen LogP contribution in [0.15, 0.2) is 30.6 Å². The van der Waals surface area contributed by atoms with Gasteiger partial charge in [-0.2, -0.15) is 0 Å². The van der Waals surface area contributed by atoms with Gasteiger partial charge in [0.15, 0.2) is 0 Å². The number of nitrogens with zero attached hydrogens (tertiary/aromatic N) is 1. The molecule has 2 aromatic rings. The Kier molecular flexibility index (Phi) is 2.95. The Balaban J connectivity index is 2.44. The fraction of sp³-hybridized carbons (Fsp3) is 0.308. The lowest BCUT2D eigenvalue weighted by Gasteiger charge is -2.16. The van der Waals surface area contributed by atoms with Crippen molar-refractivity contribution in [2.24, 2.45) is 0 Å². The Morgan fingerprint density at radius 2 is 2.19 bits per heavy atom. The first-order valence-corrected chi connectivity index (χ1v) is 5.61. The second kappa shape index (κ2) is 4.39. The number of fused-ring (bicyclic) bond motifs is 1. The van der Waals surface area contributed by atoms with Crippen LogP contribution in [0, 0.1) is 0 Å². The monoisotopic (exact) mass is 215 g/mol. The quantitative estimate of drug-likeness (QED) is 0.774. The third kappa shape index (κ3) is 1.94. The maximum atomic E-state index is 6.13. The topological polar surface area (TPSA) is 50.9 Å². The van der Waals surface area contributed by atoms with Crippen molar-refractivity contribution in [3.63, 3.8) is 0 Å². The molecule has 0 radical (unpaired) electrons. The molecule has 0 saturated heterocycles. The van der Waals surface area contributed by atoms with E-state index < -0.39 is 0 Å². The predicted molar refractivity (Wildman–Crippen MR) is 69.5 cm³/mol. The van der Waals surface area contributed by atoms with Crippen LogP contribution >= 0.6 is 0 Å². The summed E-state index contributed by atoms with van der Waals surface area (Å²) < 4.78 is 0. The molecule has 0 aliphatic rings. The molecular formula is C13H17N3. The van der Waals surface area contributed by atoms with Crippen molar-refractivity contribution in [1.82, 2.24) is 4.98 Å². The van der Waals surface area contributed by atoms with Gasteiger partial charge in [-0.15, -0.1) is 0 Å². The fourth-order valence-corrected chi connectivity index (χ4v) is 1.69. The molecule has 2 rings (SSSR count). The number of hydrogen-bond donors (Lipinski definition) is 2. The van der Waals surface area contributed by atoms with Crippen molar-refractivity contribution < 1.29 is 0 Å². The predicted octanol–water partition coefficient (Wildman–Crippen LogP) is 3.03. The number of nitrogen functional groups attached to an aromatic ring is 1. The third-order valence-corrected chi connectivity index (χ3v) is 2.88. The molecule has 3 nitrogen and oxygen atoms in total. The molecule has 1 aromatic carbocycles. The van der Waals surface area contributed by atoms with Crippen LogP contribution in [0.2, 0.25) is 0 Å². The number of hydrogen-bond acceptors (Lipinski definition) is 3. The van der Waals surface area contributed by atoms with Crippen molar-refractivity contribution in [2.45, 2.75) is 26.3 Å². The van der Waals surface area contributed by atoms with Crippen molar-refractivity contribution in [1.29, 1.82) is 0 Å². The van der Waals surface area contributed by atoms with Gasteiger partial charge >= 0.3 is 0 Å². The molecule has 1 aromatic heterocycles. The standard InChI is InChI=1S/C13H17N3/c1-3-9(2)16-12-5-4-10-8-15-7-6-11(10)13(12)14/h4-9,16H,3,14H2,1-2H3. The average Bonchev–Trinajstić information content (AvgIpc) is 2.33. The lowest BCUT2D eigenvalue weighted by atomic mass is 10.1. The molecule has 0 amide bonds. The first-order chi connectivity index (χ1) is 7.72. The van der Waals surface area contributed by atoms with Gasteiger partial charge < -0.3 is 11.1 Å². The highest BCUT2D eigenvalue weighted by atomic mass is 14.9. The van der Waals surface area contributed by atoms with E-state index in [-0.39, 0.29) is 0 Å². The van der Waals surface area contributed by atoms with E-state index in [1.165, 1.54) is 0 Å².